The lowest BCUT2D eigenvalue weighted by Crippen LogP contribution is -2.15. The summed E-state index contributed by atoms with van der Waals surface area (Å²) in [7, 11) is 4.05. The first-order chi connectivity index (χ1) is 8.56. The van der Waals surface area contributed by atoms with Crippen molar-refractivity contribution in [2.45, 2.75) is 13.3 Å². The molecule has 2 rings (SSSR count). The molecule has 5 heteroatoms. The van der Waals surface area contributed by atoms with Gasteiger partial charge in [0, 0.05) is 19.0 Å². The number of anilines is 1. The summed E-state index contributed by atoms with van der Waals surface area (Å²) < 4.78 is 5.45. The molecule has 1 N–H and O–H groups in total. The third-order valence-electron chi connectivity index (χ3n) is 2.62. The second-order valence-corrected chi connectivity index (χ2v) is 4.54. The highest BCUT2D eigenvalue weighted by atomic mass is 16.3. The van der Waals surface area contributed by atoms with E-state index in [1.165, 1.54) is 6.92 Å². The van der Waals surface area contributed by atoms with Gasteiger partial charge in [-0.1, -0.05) is 0 Å². The maximum Gasteiger partial charge on any atom is 0.222 e. The first-order valence-corrected chi connectivity index (χ1v) is 5.85. The van der Waals surface area contributed by atoms with Gasteiger partial charge in [0.05, 0.1) is 6.26 Å². The molecule has 0 aliphatic carbocycles. The van der Waals surface area contributed by atoms with Gasteiger partial charge in [-0.3, -0.25) is 4.79 Å². The summed E-state index contributed by atoms with van der Waals surface area (Å²) in [6.07, 6.45) is 2.61. The van der Waals surface area contributed by atoms with Crippen LogP contribution in [0.25, 0.3) is 11.1 Å². The molecule has 0 saturated carbocycles. The van der Waals surface area contributed by atoms with E-state index in [1.807, 2.05) is 20.2 Å². The summed E-state index contributed by atoms with van der Waals surface area (Å²) in [4.78, 5) is 17.5. The van der Waals surface area contributed by atoms with Crippen molar-refractivity contribution in [1.82, 2.24) is 9.88 Å². The van der Waals surface area contributed by atoms with Gasteiger partial charge in [-0.05, 0) is 32.6 Å². The highest BCUT2D eigenvalue weighted by Gasteiger charge is 2.09. The number of fused-ring (bicyclic) bond motifs is 1. The molecule has 2 aromatic rings. The van der Waals surface area contributed by atoms with Crippen molar-refractivity contribution < 1.29 is 9.21 Å². The highest BCUT2D eigenvalue weighted by molar-refractivity contribution is 5.89. The molecule has 0 radical (unpaired) electrons. The molecule has 0 aliphatic rings. The van der Waals surface area contributed by atoms with Crippen LogP contribution in [0.2, 0.25) is 0 Å². The van der Waals surface area contributed by atoms with E-state index in [2.05, 4.69) is 15.2 Å². The highest BCUT2D eigenvalue weighted by Crippen LogP contribution is 2.21. The number of carbonyl (C=O) groups excluding carboxylic acids is 1. The lowest BCUT2D eigenvalue weighted by Gasteiger charge is -2.07. The van der Waals surface area contributed by atoms with Crippen molar-refractivity contribution in [3.63, 3.8) is 0 Å². The van der Waals surface area contributed by atoms with E-state index in [0.29, 0.717) is 5.82 Å². The molecule has 0 saturated heterocycles. The zero-order chi connectivity index (χ0) is 13.1. The van der Waals surface area contributed by atoms with Crippen molar-refractivity contribution in [3.05, 3.63) is 24.0 Å². The number of rotatable bonds is 4. The molecule has 0 unspecified atom stereocenters. The van der Waals surface area contributed by atoms with E-state index in [-0.39, 0.29) is 5.91 Å². The van der Waals surface area contributed by atoms with Crippen molar-refractivity contribution in [3.8, 4) is 0 Å². The van der Waals surface area contributed by atoms with Crippen LogP contribution in [0.3, 0.4) is 0 Å². The minimum Gasteiger partial charge on any atom is -0.462 e. The molecule has 0 aliphatic heterocycles. The van der Waals surface area contributed by atoms with Crippen molar-refractivity contribution in [1.29, 1.82) is 0 Å². The summed E-state index contributed by atoms with van der Waals surface area (Å²) in [5.41, 5.74) is 2.63. The standard InChI is InChI=1S/C13H17N3O2/c1-9(17)14-12-5-4-11-13(15-12)10(8-18-11)6-7-16(2)3/h4-5,8H,6-7H2,1-3H3,(H,14,15,17). The molecule has 0 bridgehead atoms. The fourth-order valence-electron chi connectivity index (χ4n) is 1.73. The number of likely N-dealkylation sites (N-methyl/N-ethyl adjacent to an activating group) is 1. The Morgan fingerprint density at radius 3 is 2.89 bits per heavy atom. The van der Waals surface area contributed by atoms with Gasteiger partial charge in [-0.25, -0.2) is 4.98 Å². The van der Waals surface area contributed by atoms with Crippen molar-refractivity contribution in [2.75, 3.05) is 26.0 Å². The number of amides is 1. The average molecular weight is 247 g/mol. The Morgan fingerprint density at radius 1 is 1.44 bits per heavy atom. The second-order valence-electron chi connectivity index (χ2n) is 4.54. The van der Waals surface area contributed by atoms with E-state index >= 15 is 0 Å². The molecular formula is C13H17N3O2. The second kappa shape index (κ2) is 5.18. The average Bonchev–Trinajstić information content (AvgIpc) is 2.68. The predicted molar refractivity (Wildman–Crippen MR) is 70.6 cm³/mol. The lowest BCUT2D eigenvalue weighted by atomic mass is 10.2. The molecule has 0 spiro atoms. The van der Waals surface area contributed by atoms with E-state index in [1.54, 1.807) is 12.3 Å². The zero-order valence-electron chi connectivity index (χ0n) is 10.9. The number of aromatic nitrogens is 1. The summed E-state index contributed by atoms with van der Waals surface area (Å²) >= 11 is 0. The fourth-order valence-corrected chi connectivity index (χ4v) is 1.73. The Balaban J connectivity index is 2.28. The van der Waals surface area contributed by atoms with Crippen molar-refractivity contribution >= 4 is 22.8 Å². The van der Waals surface area contributed by atoms with Crippen LogP contribution in [-0.2, 0) is 11.2 Å². The number of furan rings is 1. The maximum atomic E-state index is 11.0. The molecule has 0 fully saturated rings. The van der Waals surface area contributed by atoms with Crippen LogP contribution in [0, 0.1) is 0 Å². The summed E-state index contributed by atoms with van der Waals surface area (Å²) in [5.74, 6) is 0.433. The Bertz CT molecular complexity index is 560. The minimum atomic E-state index is -0.125. The zero-order valence-corrected chi connectivity index (χ0v) is 10.9. The molecule has 1 amide bonds. The van der Waals surface area contributed by atoms with Gasteiger partial charge in [-0.2, -0.15) is 0 Å². The van der Waals surface area contributed by atoms with Gasteiger partial charge >= 0.3 is 0 Å². The van der Waals surface area contributed by atoms with Gasteiger partial charge in [-0.15, -0.1) is 0 Å². The van der Waals surface area contributed by atoms with Crippen molar-refractivity contribution in [2.24, 2.45) is 0 Å². The molecule has 18 heavy (non-hydrogen) atoms. The predicted octanol–water partition coefficient (Wildman–Crippen LogP) is 1.89. The van der Waals surface area contributed by atoms with E-state index in [9.17, 15) is 4.79 Å². The summed E-state index contributed by atoms with van der Waals surface area (Å²) in [6.45, 7) is 2.40. The molecule has 2 aromatic heterocycles. The lowest BCUT2D eigenvalue weighted by molar-refractivity contribution is -0.114. The van der Waals surface area contributed by atoms with Gasteiger partial charge in [0.1, 0.15) is 11.3 Å². The van der Waals surface area contributed by atoms with Gasteiger partial charge in [0.15, 0.2) is 5.58 Å². The van der Waals surface area contributed by atoms with Crippen LogP contribution >= 0.6 is 0 Å². The van der Waals surface area contributed by atoms with Crippen LogP contribution in [0.5, 0.6) is 0 Å². The minimum absolute atomic E-state index is 0.125. The third-order valence-corrected chi connectivity index (χ3v) is 2.62. The molecule has 0 atom stereocenters. The normalized spacial score (nSPS) is 11.1. The number of nitrogens with one attached hydrogen (secondary N) is 1. The number of hydrogen-bond acceptors (Lipinski definition) is 4. The van der Waals surface area contributed by atoms with Gasteiger partial charge < -0.3 is 14.6 Å². The van der Waals surface area contributed by atoms with Crippen LogP contribution in [0.1, 0.15) is 12.5 Å². The molecule has 2 heterocycles. The number of pyridine rings is 1. The molecular weight excluding hydrogens is 230 g/mol. The first kappa shape index (κ1) is 12.6. The van der Waals surface area contributed by atoms with E-state index < -0.39 is 0 Å². The summed E-state index contributed by atoms with van der Waals surface area (Å²) in [5, 5.41) is 2.68. The molecule has 96 valence electrons. The first-order valence-electron chi connectivity index (χ1n) is 5.85. The number of hydrogen-bond donors (Lipinski definition) is 1. The largest absolute Gasteiger partial charge is 0.462 e. The monoisotopic (exact) mass is 247 g/mol. The Kier molecular flexibility index (Phi) is 3.62. The Morgan fingerprint density at radius 2 is 2.22 bits per heavy atom. The summed E-state index contributed by atoms with van der Waals surface area (Å²) in [6, 6.07) is 3.57. The SMILES string of the molecule is CC(=O)Nc1ccc2occ(CCN(C)C)c2n1. The quantitative estimate of drug-likeness (QED) is 0.896. The Labute approximate surface area is 106 Å². The number of carbonyl (C=O) groups is 1. The number of nitrogens with zero attached hydrogens (tertiary/aromatic N) is 2. The molecule has 0 aromatic carbocycles. The molecule has 5 nitrogen and oxygen atoms in total. The van der Waals surface area contributed by atoms with Crippen LogP contribution < -0.4 is 5.32 Å². The third kappa shape index (κ3) is 2.87. The fraction of sp³-hybridized carbons (Fsp3) is 0.385. The van der Waals surface area contributed by atoms with Crippen LogP contribution in [0.15, 0.2) is 22.8 Å². The smallest absolute Gasteiger partial charge is 0.222 e. The van der Waals surface area contributed by atoms with Crippen LogP contribution in [-0.4, -0.2) is 36.4 Å². The van der Waals surface area contributed by atoms with Crippen LogP contribution in [0.4, 0.5) is 5.82 Å². The van der Waals surface area contributed by atoms with Gasteiger partial charge in [0.25, 0.3) is 0 Å². The van der Waals surface area contributed by atoms with Gasteiger partial charge in [0.2, 0.25) is 5.91 Å². The maximum absolute atomic E-state index is 11.0. The Hall–Kier alpha value is -1.88. The van der Waals surface area contributed by atoms with E-state index in [0.717, 1.165) is 29.6 Å². The van der Waals surface area contributed by atoms with E-state index in [4.69, 9.17) is 4.42 Å². The topological polar surface area (TPSA) is 58.4 Å².